The first kappa shape index (κ1) is 10.9. The molecule has 1 fully saturated rings. The lowest BCUT2D eigenvalue weighted by molar-refractivity contribution is -0.124. The first-order chi connectivity index (χ1) is 8.70. The van der Waals surface area contributed by atoms with Gasteiger partial charge in [-0.25, -0.2) is 0 Å². The van der Waals surface area contributed by atoms with Crippen LogP contribution in [0, 0.1) is 5.92 Å². The van der Waals surface area contributed by atoms with Crippen LogP contribution in [0.1, 0.15) is 11.5 Å². The van der Waals surface area contributed by atoms with Gasteiger partial charge < -0.3 is 0 Å². The largest absolute Gasteiger partial charge is 0.297 e. The van der Waals surface area contributed by atoms with Crippen LogP contribution in [-0.2, 0) is 9.59 Å². The van der Waals surface area contributed by atoms with Gasteiger partial charge in [0.25, 0.3) is 0 Å². The van der Waals surface area contributed by atoms with Crippen molar-refractivity contribution < 1.29 is 9.59 Å². The highest BCUT2D eigenvalue weighted by molar-refractivity contribution is 6.25. The van der Waals surface area contributed by atoms with Crippen molar-refractivity contribution in [2.75, 3.05) is 0 Å². The summed E-state index contributed by atoms with van der Waals surface area (Å²) in [6.45, 7) is 3.87. The Morgan fingerprint density at radius 2 is 1.72 bits per heavy atom. The smallest absolute Gasteiger partial charge is 0.174 e. The van der Waals surface area contributed by atoms with E-state index in [1.807, 2.05) is 30.3 Å². The highest BCUT2D eigenvalue weighted by atomic mass is 16.2. The predicted octanol–water partition coefficient (Wildman–Crippen LogP) is 2.59. The van der Waals surface area contributed by atoms with Gasteiger partial charge in [0.2, 0.25) is 0 Å². The van der Waals surface area contributed by atoms with Crippen molar-refractivity contribution >= 4 is 11.6 Å². The van der Waals surface area contributed by atoms with Gasteiger partial charge in [-0.15, -0.1) is 0 Å². The predicted molar refractivity (Wildman–Crippen MR) is 69.1 cm³/mol. The molecule has 18 heavy (non-hydrogen) atoms. The Morgan fingerprint density at radius 3 is 2.39 bits per heavy atom. The molecule has 88 valence electrons. The number of Topliss-reactive ketones (excluding diaryl/α,β-unsaturated/α-hetero) is 2. The molecule has 2 heteroatoms. The van der Waals surface area contributed by atoms with Gasteiger partial charge in [0.1, 0.15) is 5.92 Å². The van der Waals surface area contributed by atoms with E-state index < -0.39 is 11.8 Å². The third-order valence-electron chi connectivity index (χ3n) is 3.52. The highest BCUT2D eigenvalue weighted by Gasteiger charge is 2.46. The minimum absolute atomic E-state index is 0.0493. The Kier molecular flexibility index (Phi) is 2.37. The van der Waals surface area contributed by atoms with Crippen molar-refractivity contribution in [3.05, 3.63) is 71.8 Å². The zero-order valence-corrected chi connectivity index (χ0v) is 9.80. The van der Waals surface area contributed by atoms with E-state index in [2.05, 4.69) is 6.58 Å². The fourth-order valence-electron chi connectivity index (χ4n) is 2.65. The minimum atomic E-state index is -0.654. The van der Waals surface area contributed by atoms with Gasteiger partial charge in [-0.3, -0.25) is 9.59 Å². The maximum Gasteiger partial charge on any atom is 0.174 e. The van der Waals surface area contributed by atoms with Crippen LogP contribution in [0.5, 0.6) is 0 Å². The Morgan fingerprint density at radius 1 is 1.00 bits per heavy atom. The van der Waals surface area contributed by atoms with Crippen molar-refractivity contribution in [1.29, 1.82) is 0 Å². The number of hydrogen-bond acceptors (Lipinski definition) is 2. The molecule has 2 aliphatic rings. The van der Waals surface area contributed by atoms with E-state index in [1.54, 1.807) is 18.2 Å². The van der Waals surface area contributed by atoms with E-state index >= 15 is 0 Å². The number of allylic oxidation sites excluding steroid dienone is 5. The second kappa shape index (κ2) is 3.91. The van der Waals surface area contributed by atoms with Crippen molar-refractivity contribution in [3.8, 4) is 0 Å². The highest BCUT2D eigenvalue weighted by Crippen LogP contribution is 2.41. The topological polar surface area (TPSA) is 34.1 Å². The average molecular weight is 236 g/mol. The molecule has 2 nitrogen and oxygen atoms in total. The van der Waals surface area contributed by atoms with Crippen molar-refractivity contribution in [2.24, 2.45) is 5.92 Å². The van der Waals surface area contributed by atoms with Crippen LogP contribution >= 0.6 is 0 Å². The standard InChI is InChI=1S/C16H12O2/c1-10-6-5-9-12-13(10)16(18)14(15(12)17)11-7-3-2-4-8-11/h2-9,13-14H,1H2. The van der Waals surface area contributed by atoms with E-state index in [4.69, 9.17) is 0 Å². The quantitative estimate of drug-likeness (QED) is 0.702. The number of rotatable bonds is 1. The Labute approximate surface area is 105 Å². The van der Waals surface area contributed by atoms with E-state index in [1.165, 1.54) is 0 Å². The first-order valence-electron chi connectivity index (χ1n) is 5.90. The number of carbonyl (C=O) groups excluding carboxylic acids is 2. The second-order valence-electron chi connectivity index (χ2n) is 4.60. The van der Waals surface area contributed by atoms with Gasteiger partial charge in [0, 0.05) is 5.57 Å². The molecule has 0 bridgehead atoms. The second-order valence-corrected chi connectivity index (χ2v) is 4.60. The van der Waals surface area contributed by atoms with Crippen LogP contribution in [0.3, 0.4) is 0 Å². The fraction of sp³-hybridized carbons (Fsp3) is 0.125. The third kappa shape index (κ3) is 1.42. The number of carbonyl (C=O) groups is 2. The van der Waals surface area contributed by atoms with Crippen LogP contribution in [0.25, 0.3) is 0 Å². The zero-order valence-electron chi connectivity index (χ0n) is 9.80. The molecule has 0 amide bonds. The van der Waals surface area contributed by atoms with Crippen LogP contribution < -0.4 is 0 Å². The van der Waals surface area contributed by atoms with E-state index in [-0.39, 0.29) is 11.6 Å². The van der Waals surface area contributed by atoms with Crippen molar-refractivity contribution in [3.63, 3.8) is 0 Å². The average Bonchev–Trinajstić information content (AvgIpc) is 2.64. The van der Waals surface area contributed by atoms with E-state index in [9.17, 15) is 9.59 Å². The van der Waals surface area contributed by atoms with Crippen LogP contribution in [0.2, 0.25) is 0 Å². The summed E-state index contributed by atoms with van der Waals surface area (Å²) in [5.74, 6) is -1.22. The molecule has 0 N–H and O–H groups in total. The maximum atomic E-state index is 12.4. The summed E-state index contributed by atoms with van der Waals surface area (Å²) in [6, 6.07) is 9.22. The molecule has 0 aromatic heterocycles. The molecule has 0 radical (unpaired) electrons. The number of fused-ring (bicyclic) bond motifs is 1. The van der Waals surface area contributed by atoms with Gasteiger partial charge in [0.15, 0.2) is 11.6 Å². The summed E-state index contributed by atoms with van der Waals surface area (Å²) in [4.78, 5) is 24.7. The number of ketones is 2. The number of hydrogen-bond donors (Lipinski definition) is 0. The zero-order chi connectivity index (χ0) is 12.7. The van der Waals surface area contributed by atoms with Crippen LogP contribution in [0.4, 0.5) is 0 Å². The normalized spacial score (nSPS) is 26.2. The maximum absolute atomic E-state index is 12.4. The molecule has 2 aliphatic carbocycles. The van der Waals surface area contributed by atoms with Crippen molar-refractivity contribution in [2.45, 2.75) is 5.92 Å². The molecule has 0 spiro atoms. The first-order valence-corrected chi connectivity index (χ1v) is 5.90. The van der Waals surface area contributed by atoms with Crippen LogP contribution in [0.15, 0.2) is 66.3 Å². The minimum Gasteiger partial charge on any atom is -0.297 e. The molecule has 2 atom stereocenters. The monoisotopic (exact) mass is 236 g/mol. The summed E-state index contributed by atoms with van der Waals surface area (Å²) >= 11 is 0. The van der Waals surface area contributed by atoms with Crippen molar-refractivity contribution in [1.82, 2.24) is 0 Å². The lowest BCUT2D eigenvalue weighted by Crippen LogP contribution is -2.16. The fourth-order valence-corrected chi connectivity index (χ4v) is 2.65. The Bertz CT molecular complexity index is 605. The lowest BCUT2D eigenvalue weighted by Gasteiger charge is -2.12. The molecule has 0 aliphatic heterocycles. The molecule has 1 aromatic carbocycles. The number of benzene rings is 1. The van der Waals surface area contributed by atoms with Crippen LogP contribution in [-0.4, -0.2) is 11.6 Å². The third-order valence-corrected chi connectivity index (χ3v) is 3.52. The Balaban J connectivity index is 2.08. The molecule has 0 heterocycles. The molecule has 2 unspecified atom stereocenters. The summed E-state index contributed by atoms with van der Waals surface area (Å²) in [6.07, 6.45) is 5.32. The molecule has 3 rings (SSSR count). The van der Waals surface area contributed by atoms with Gasteiger partial charge in [-0.05, 0) is 11.1 Å². The Hall–Kier alpha value is -2.22. The molecule has 1 aromatic rings. The summed E-state index contributed by atoms with van der Waals surface area (Å²) in [7, 11) is 0. The lowest BCUT2D eigenvalue weighted by atomic mass is 9.89. The molecular weight excluding hydrogens is 224 g/mol. The van der Waals surface area contributed by atoms with Gasteiger partial charge in [-0.1, -0.05) is 55.1 Å². The van der Waals surface area contributed by atoms with E-state index in [0.717, 1.165) is 5.56 Å². The van der Waals surface area contributed by atoms with Gasteiger partial charge >= 0.3 is 0 Å². The molecular formula is C16H12O2. The van der Waals surface area contributed by atoms with Gasteiger partial charge in [0.05, 0.1) is 5.92 Å². The summed E-state index contributed by atoms with van der Waals surface area (Å²) in [5.41, 5.74) is 2.07. The molecule has 0 saturated heterocycles. The van der Waals surface area contributed by atoms with Gasteiger partial charge in [-0.2, -0.15) is 0 Å². The summed E-state index contributed by atoms with van der Waals surface area (Å²) < 4.78 is 0. The molecule has 1 saturated carbocycles. The summed E-state index contributed by atoms with van der Waals surface area (Å²) in [5, 5.41) is 0. The van der Waals surface area contributed by atoms with E-state index in [0.29, 0.717) is 11.1 Å². The SMILES string of the molecule is C=C1C=CC=C2C(=O)C(c3ccccc3)C(=O)C12.